The van der Waals surface area contributed by atoms with Crippen LogP contribution in [0.25, 0.3) is 0 Å². The van der Waals surface area contributed by atoms with Crippen LogP contribution in [0.3, 0.4) is 0 Å². The van der Waals surface area contributed by atoms with E-state index in [9.17, 15) is 19.2 Å². The number of hydrogen-bond donors (Lipinski definition) is 6. The Morgan fingerprint density at radius 2 is 1.79 bits per heavy atom. The molecule has 10 nitrogen and oxygen atoms in total. The lowest BCUT2D eigenvalue weighted by Gasteiger charge is -2.17. The molecule has 0 heterocycles. The van der Waals surface area contributed by atoms with E-state index in [1.54, 1.807) is 0 Å². The number of amides is 2. The van der Waals surface area contributed by atoms with Crippen molar-refractivity contribution in [3.63, 3.8) is 0 Å². The molecule has 138 valence electrons. The molecule has 0 rings (SSSR count). The van der Waals surface area contributed by atoms with Gasteiger partial charge in [0.15, 0.2) is 0 Å². The highest BCUT2D eigenvalue weighted by molar-refractivity contribution is 8.76. The first-order valence-corrected chi connectivity index (χ1v) is 9.48. The van der Waals surface area contributed by atoms with E-state index in [4.69, 9.17) is 21.7 Å². The molecule has 0 saturated heterocycles. The first kappa shape index (κ1) is 22.5. The quantitative estimate of drug-likeness (QED) is 0.157. The molecule has 0 aliphatic heterocycles. The summed E-state index contributed by atoms with van der Waals surface area (Å²) in [5, 5.41) is 21.9. The Labute approximate surface area is 146 Å². The highest BCUT2D eigenvalue weighted by Gasteiger charge is 2.22. The summed E-state index contributed by atoms with van der Waals surface area (Å²) in [4.78, 5) is 44.9. The van der Waals surface area contributed by atoms with E-state index >= 15 is 0 Å². The molecule has 0 aliphatic rings. The molecular formula is C12H22N4O6S2. The van der Waals surface area contributed by atoms with Gasteiger partial charge in [0.25, 0.3) is 0 Å². The molecule has 0 spiro atoms. The van der Waals surface area contributed by atoms with Crippen LogP contribution in [0.15, 0.2) is 0 Å². The maximum atomic E-state index is 11.9. The van der Waals surface area contributed by atoms with Crippen molar-refractivity contribution in [2.75, 3.05) is 24.6 Å². The van der Waals surface area contributed by atoms with Gasteiger partial charge < -0.3 is 32.3 Å². The summed E-state index contributed by atoms with van der Waals surface area (Å²) in [6.07, 6.45) is -0.226. The maximum Gasteiger partial charge on any atom is 0.322 e. The van der Waals surface area contributed by atoms with Gasteiger partial charge in [-0.25, -0.2) is 0 Å². The van der Waals surface area contributed by atoms with Gasteiger partial charge in [0.1, 0.15) is 18.6 Å². The van der Waals surface area contributed by atoms with Crippen LogP contribution in [0.2, 0.25) is 0 Å². The second kappa shape index (κ2) is 12.9. The fourth-order valence-electron chi connectivity index (χ4n) is 1.37. The second-order valence-electron chi connectivity index (χ2n) is 4.61. The van der Waals surface area contributed by atoms with Crippen LogP contribution in [0, 0.1) is 0 Å². The first-order chi connectivity index (χ1) is 11.3. The summed E-state index contributed by atoms with van der Waals surface area (Å²) in [7, 11) is 2.73. The molecule has 0 bridgehead atoms. The topological polar surface area (TPSA) is 185 Å². The molecule has 0 aromatic rings. The summed E-state index contributed by atoms with van der Waals surface area (Å²) in [5.41, 5.74) is 10.7. The van der Waals surface area contributed by atoms with Crippen LogP contribution >= 0.6 is 21.6 Å². The fourth-order valence-corrected chi connectivity index (χ4v) is 3.39. The van der Waals surface area contributed by atoms with Gasteiger partial charge in [-0.05, 0) is 6.42 Å². The van der Waals surface area contributed by atoms with Gasteiger partial charge in [-0.15, -0.1) is 0 Å². The van der Waals surface area contributed by atoms with Crippen LogP contribution in [-0.4, -0.2) is 70.6 Å². The van der Waals surface area contributed by atoms with Gasteiger partial charge in [0.2, 0.25) is 11.8 Å². The molecule has 0 aromatic heterocycles. The standard InChI is InChI=1S/C12H22N4O6S2/c13-3-4-23-24-6-8(11(20)15-5-10(18)19)16-9(17)2-1-7(14)12(21)22/h7-8H,1-6,13-14H2,(H,15,20)(H,16,17)(H,18,19)(H,21,22). The van der Waals surface area contributed by atoms with Crippen molar-refractivity contribution in [3.05, 3.63) is 0 Å². The van der Waals surface area contributed by atoms with Crippen LogP contribution in [0.1, 0.15) is 12.8 Å². The third-order valence-electron chi connectivity index (χ3n) is 2.58. The molecule has 2 atom stereocenters. The number of carboxylic acids is 2. The lowest BCUT2D eigenvalue weighted by molar-refractivity contribution is -0.139. The molecule has 0 saturated carbocycles. The van der Waals surface area contributed by atoms with Gasteiger partial charge in [-0.1, -0.05) is 21.6 Å². The van der Waals surface area contributed by atoms with E-state index < -0.39 is 42.4 Å². The van der Waals surface area contributed by atoms with Crippen molar-refractivity contribution in [2.45, 2.75) is 24.9 Å². The average molecular weight is 382 g/mol. The van der Waals surface area contributed by atoms with E-state index in [0.29, 0.717) is 12.3 Å². The summed E-state index contributed by atoms with van der Waals surface area (Å²) in [6.45, 7) is -0.0946. The minimum atomic E-state index is -1.22. The van der Waals surface area contributed by atoms with Gasteiger partial charge in [0, 0.05) is 24.5 Å². The molecule has 0 aromatic carbocycles. The minimum absolute atomic E-state index is 0.0697. The molecule has 2 unspecified atom stereocenters. The largest absolute Gasteiger partial charge is 0.480 e. The number of carbonyl (C=O) groups is 4. The summed E-state index contributed by atoms with van der Waals surface area (Å²) in [6, 6.07) is -2.10. The summed E-state index contributed by atoms with van der Waals surface area (Å²) in [5.74, 6) is -2.71. The molecule has 0 radical (unpaired) electrons. The van der Waals surface area contributed by atoms with E-state index in [1.807, 2.05) is 0 Å². The van der Waals surface area contributed by atoms with E-state index in [0.717, 1.165) is 0 Å². The van der Waals surface area contributed by atoms with Crippen LogP contribution in [-0.2, 0) is 19.2 Å². The molecule has 0 aliphatic carbocycles. The summed E-state index contributed by atoms with van der Waals surface area (Å²) >= 11 is 0. The van der Waals surface area contributed by atoms with E-state index in [-0.39, 0.29) is 18.6 Å². The minimum Gasteiger partial charge on any atom is -0.480 e. The number of rotatable bonds is 13. The number of carboxylic acid groups (broad SMARTS) is 2. The Balaban J connectivity index is 4.49. The Hall–Kier alpha value is -1.50. The lowest BCUT2D eigenvalue weighted by atomic mass is 10.1. The van der Waals surface area contributed by atoms with Gasteiger partial charge >= 0.3 is 11.9 Å². The van der Waals surface area contributed by atoms with Crippen molar-refractivity contribution in [3.8, 4) is 0 Å². The third-order valence-corrected chi connectivity index (χ3v) is 5.03. The molecule has 2 amide bonds. The number of nitrogens with one attached hydrogen (secondary N) is 2. The van der Waals surface area contributed by atoms with Crippen molar-refractivity contribution in [1.29, 1.82) is 0 Å². The van der Waals surface area contributed by atoms with E-state index in [1.165, 1.54) is 21.6 Å². The highest BCUT2D eigenvalue weighted by atomic mass is 33.1. The molecule has 12 heteroatoms. The van der Waals surface area contributed by atoms with Gasteiger partial charge in [0.05, 0.1) is 0 Å². The Bertz CT molecular complexity index is 451. The van der Waals surface area contributed by atoms with Gasteiger partial charge in [-0.2, -0.15) is 0 Å². The lowest BCUT2D eigenvalue weighted by Crippen LogP contribution is -2.49. The van der Waals surface area contributed by atoms with Crippen LogP contribution in [0.5, 0.6) is 0 Å². The smallest absolute Gasteiger partial charge is 0.322 e. The Morgan fingerprint density at radius 1 is 1.12 bits per heavy atom. The number of nitrogens with two attached hydrogens (primary N) is 2. The fraction of sp³-hybridized carbons (Fsp3) is 0.667. The Kier molecular flexibility index (Phi) is 12.1. The maximum absolute atomic E-state index is 11.9. The van der Waals surface area contributed by atoms with Crippen LogP contribution in [0.4, 0.5) is 0 Å². The zero-order valence-electron chi connectivity index (χ0n) is 12.9. The monoisotopic (exact) mass is 382 g/mol. The number of hydrogen-bond acceptors (Lipinski definition) is 8. The molecule has 0 fully saturated rings. The molecule has 8 N–H and O–H groups in total. The van der Waals surface area contributed by atoms with E-state index in [2.05, 4.69) is 10.6 Å². The Morgan fingerprint density at radius 3 is 2.33 bits per heavy atom. The molecular weight excluding hydrogens is 360 g/mol. The SMILES string of the molecule is NCCSSCC(NC(=O)CCC(N)C(=O)O)C(=O)NCC(=O)O. The average Bonchev–Trinajstić information content (AvgIpc) is 2.52. The zero-order valence-corrected chi connectivity index (χ0v) is 14.5. The first-order valence-electron chi connectivity index (χ1n) is 6.99. The third kappa shape index (κ3) is 11.1. The predicted molar refractivity (Wildman–Crippen MR) is 91.4 cm³/mol. The second-order valence-corrected chi connectivity index (χ2v) is 7.24. The number of carbonyl (C=O) groups excluding carboxylic acids is 2. The normalized spacial score (nSPS) is 12.9. The predicted octanol–water partition coefficient (Wildman–Crippen LogP) is -1.80. The zero-order chi connectivity index (χ0) is 18.5. The van der Waals surface area contributed by atoms with Crippen molar-refractivity contribution < 1.29 is 29.4 Å². The van der Waals surface area contributed by atoms with Crippen molar-refractivity contribution in [1.82, 2.24) is 10.6 Å². The summed E-state index contributed by atoms with van der Waals surface area (Å²) < 4.78 is 0. The molecule has 24 heavy (non-hydrogen) atoms. The van der Waals surface area contributed by atoms with Crippen molar-refractivity contribution >= 4 is 45.3 Å². The number of aliphatic carboxylic acids is 2. The highest BCUT2D eigenvalue weighted by Crippen LogP contribution is 2.21. The van der Waals surface area contributed by atoms with Crippen molar-refractivity contribution in [2.24, 2.45) is 11.5 Å². The van der Waals surface area contributed by atoms with Gasteiger partial charge in [-0.3, -0.25) is 19.2 Å². The van der Waals surface area contributed by atoms with Crippen LogP contribution < -0.4 is 22.1 Å².